The molecule has 0 spiro atoms. The number of hydrogen-bond acceptors (Lipinski definition) is 4. The van der Waals surface area contributed by atoms with Crippen LogP contribution in [-0.4, -0.2) is 35.7 Å². The average molecular weight is 493 g/mol. The molecule has 3 aromatic rings. The Balaban J connectivity index is 1.43. The first kappa shape index (κ1) is 24.3. The molecule has 3 N–H and O–H groups in total. The van der Waals surface area contributed by atoms with E-state index in [4.69, 9.17) is 16.3 Å². The molecule has 0 radical (unpaired) electrons. The van der Waals surface area contributed by atoms with Crippen LogP contribution in [0.15, 0.2) is 66.7 Å². The second-order valence-electron chi connectivity index (χ2n) is 8.27. The highest BCUT2D eigenvalue weighted by molar-refractivity contribution is 6.34. The molecule has 0 heterocycles. The second kappa shape index (κ2) is 10.6. The molecule has 0 aliphatic heterocycles. The van der Waals surface area contributed by atoms with Crippen molar-refractivity contribution >= 4 is 35.3 Å². The minimum atomic E-state index is -1.26. The number of amides is 2. The smallest absolute Gasteiger partial charge is 0.407 e. The number of carboxylic acid groups (broad SMARTS) is 1. The highest BCUT2D eigenvalue weighted by Crippen LogP contribution is 2.44. The van der Waals surface area contributed by atoms with Crippen molar-refractivity contribution < 1.29 is 24.2 Å². The summed E-state index contributed by atoms with van der Waals surface area (Å²) in [5, 5.41) is 14.6. The van der Waals surface area contributed by atoms with Crippen LogP contribution in [0.1, 0.15) is 47.2 Å². The molecule has 0 saturated heterocycles. The van der Waals surface area contributed by atoms with Gasteiger partial charge in [-0.15, -0.1) is 0 Å². The van der Waals surface area contributed by atoms with Gasteiger partial charge in [-0.05, 0) is 40.8 Å². The van der Waals surface area contributed by atoms with Crippen molar-refractivity contribution in [2.75, 3.05) is 11.9 Å². The molecule has 3 aromatic carbocycles. The van der Waals surface area contributed by atoms with Crippen LogP contribution in [-0.2, 0) is 9.53 Å². The summed E-state index contributed by atoms with van der Waals surface area (Å²) in [6.07, 6.45) is 0.243. The molecule has 4 rings (SSSR count). The van der Waals surface area contributed by atoms with E-state index in [1.807, 2.05) is 43.3 Å². The van der Waals surface area contributed by atoms with Gasteiger partial charge in [0.15, 0.2) is 0 Å². The summed E-state index contributed by atoms with van der Waals surface area (Å²) in [6.45, 7) is 2.00. The van der Waals surface area contributed by atoms with E-state index < -0.39 is 24.0 Å². The number of rotatable bonds is 8. The van der Waals surface area contributed by atoms with Crippen LogP contribution >= 0.6 is 11.6 Å². The number of nitrogens with one attached hydrogen (secondary N) is 2. The fraction of sp³-hybridized carbons (Fsp3) is 0.222. The summed E-state index contributed by atoms with van der Waals surface area (Å²) >= 11 is 5.99. The Morgan fingerprint density at radius 2 is 1.60 bits per heavy atom. The molecule has 1 aliphatic rings. The van der Waals surface area contributed by atoms with Crippen molar-refractivity contribution in [3.63, 3.8) is 0 Å². The SMILES string of the molecule is CCC[C@@H](NC(=O)OCC1c2ccccc2-c2ccccc21)C(=O)Nc1cccc(Cl)c1C(=O)O. The van der Waals surface area contributed by atoms with Crippen LogP contribution < -0.4 is 10.6 Å². The van der Waals surface area contributed by atoms with Crippen molar-refractivity contribution in [3.8, 4) is 11.1 Å². The van der Waals surface area contributed by atoms with Crippen LogP contribution in [0.2, 0.25) is 5.02 Å². The predicted octanol–water partition coefficient (Wildman–Crippen LogP) is 5.68. The van der Waals surface area contributed by atoms with Crippen molar-refractivity contribution in [2.24, 2.45) is 0 Å². The van der Waals surface area contributed by atoms with Crippen molar-refractivity contribution in [3.05, 3.63) is 88.4 Å². The number of anilines is 1. The number of carbonyl (C=O) groups is 3. The Bertz CT molecular complexity index is 1230. The third kappa shape index (κ3) is 5.15. The van der Waals surface area contributed by atoms with E-state index in [2.05, 4.69) is 22.8 Å². The topological polar surface area (TPSA) is 105 Å². The standard InChI is InChI=1S/C27H25ClN2O5/c1-2-8-23(25(31)29-22-14-7-13-21(28)24(22)26(32)33)30-27(34)35-15-20-18-11-5-3-9-16(18)17-10-4-6-12-19(17)20/h3-7,9-14,20,23H,2,8,15H2,1H3,(H,29,31)(H,30,34)(H,32,33)/t23-/m1/s1. The summed E-state index contributed by atoms with van der Waals surface area (Å²) in [6, 6.07) is 19.6. The number of aromatic carboxylic acids is 1. The van der Waals surface area contributed by atoms with E-state index in [0.717, 1.165) is 22.3 Å². The summed E-state index contributed by atoms with van der Waals surface area (Å²) in [7, 11) is 0. The Morgan fingerprint density at radius 3 is 2.20 bits per heavy atom. The van der Waals surface area contributed by atoms with Crippen molar-refractivity contribution in [1.82, 2.24) is 5.32 Å². The quantitative estimate of drug-likeness (QED) is 0.375. The molecule has 35 heavy (non-hydrogen) atoms. The van der Waals surface area contributed by atoms with Crippen LogP contribution in [0, 0.1) is 0 Å². The molecule has 1 atom stereocenters. The van der Waals surface area contributed by atoms with E-state index in [-0.39, 0.29) is 28.8 Å². The molecule has 0 aromatic heterocycles. The van der Waals surface area contributed by atoms with Gasteiger partial charge in [0.1, 0.15) is 18.2 Å². The minimum Gasteiger partial charge on any atom is -0.478 e. The largest absolute Gasteiger partial charge is 0.478 e. The lowest BCUT2D eigenvalue weighted by atomic mass is 9.98. The molecule has 0 bridgehead atoms. The summed E-state index contributed by atoms with van der Waals surface area (Å²) in [5.41, 5.74) is 4.27. The molecule has 7 nitrogen and oxygen atoms in total. The van der Waals surface area contributed by atoms with Gasteiger partial charge in [-0.2, -0.15) is 0 Å². The molecular formula is C27H25ClN2O5. The molecule has 0 saturated carbocycles. The molecule has 1 aliphatic carbocycles. The number of carboxylic acids is 1. The highest BCUT2D eigenvalue weighted by Gasteiger charge is 2.30. The fourth-order valence-electron chi connectivity index (χ4n) is 4.41. The van der Waals surface area contributed by atoms with Gasteiger partial charge in [0.2, 0.25) is 5.91 Å². The Morgan fingerprint density at radius 1 is 0.971 bits per heavy atom. The molecule has 2 amide bonds. The Kier molecular flexibility index (Phi) is 7.36. The fourth-order valence-corrected chi connectivity index (χ4v) is 4.66. The number of hydrogen-bond donors (Lipinski definition) is 3. The maximum atomic E-state index is 12.9. The predicted molar refractivity (Wildman–Crippen MR) is 134 cm³/mol. The van der Waals surface area contributed by atoms with Crippen LogP contribution in [0.25, 0.3) is 11.1 Å². The molecule has 0 fully saturated rings. The van der Waals surface area contributed by atoms with E-state index in [9.17, 15) is 19.5 Å². The monoisotopic (exact) mass is 492 g/mol. The van der Waals surface area contributed by atoms with Gasteiger partial charge < -0.3 is 20.5 Å². The molecule has 8 heteroatoms. The first-order valence-corrected chi connectivity index (χ1v) is 11.7. The number of benzene rings is 3. The van der Waals surface area contributed by atoms with E-state index in [0.29, 0.717) is 12.8 Å². The van der Waals surface area contributed by atoms with Gasteiger partial charge in [0.25, 0.3) is 0 Å². The lowest BCUT2D eigenvalue weighted by molar-refractivity contribution is -0.118. The molecule has 0 unspecified atom stereocenters. The van der Waals surface area contributed by atoms with E-state index in [1.165, 1.54) is 18.2 Å². The van der Waals surface area contributed by atoms with E-state index in [1.54, 1.807) is 0 Å². The minimum absolute atomic E-state index is 0.00633. The highest BCUT2D eigenvalue weighted by atomic mass is 35.5. The summed E-state index contributed by atoms with van der Waals surface area (Å²) in [4.78, 5) is 37.1. The maximum absolute atomic E-state index is 12.9. The van der Waals surface area contributed by atoms with Gasteiger partial charge in [-0.1, -0.05) is 79.5 Å². The average Bonchev–Trinajstić information content (AvgIpc) is 3.16. The second-order valence-corrected chi connectivity index (χ2v) is 8.68. The summed E-state index contributed by atoms with van der Waals surface area (Å²) in [5.74, 6) is -1.91. The lowest BCUT2D eigenvalue weighted by Crippen LogP contribution is -2.44. The maximum Gasteiger partial charge on any atom is 0.407 e. The van der Waals surface area contributed by atoms with Crippen LogP contribution in [0.3, 0.4) is 0 Å². The van der Waals surface area contributed by atoms with Crippen LogP contribution in [0.5, 0.6) is 0 Å². The summed E-state index contributed by atoms with van der Waals surface area (Å²) < 4.78 is 5.55. The van der Waals surface area contributed by atoms with Crippen molar-refractivity contribution in [2.45, 2.75) is 31.7 Å². The van der Waals surface area contributed by atoms with Gasteiger partial charge in [-0.3, -0.25) is 4.79 Å². The first-order valence-electron chi connectivity index (χ1n) is 11.3. The van der Waals surface area contributed by atoms with Gasteiger partial charge in [-0.25, -0.2) is 9.59 Å². The number of carbonyl (C=O) groups excluding carboxylic acids is 2. The van der Waals surface area contributed by atoms with Crippen LogP contribution in [0.4, 0.5) is 10.5 Å². The van der Waals surface area contributed by atoms with E-state index >= 15 is 0 Å². The zero-order chi connectivity index (χ0) is 24.9. The van der Waals surface area contributed by atoms with Gasteiger partial charge in [0, 0.05) is 5.92 Å². The Labute approximate surface area is 208 Å². The molecular weight excluding hydrogens is 468 g/mol. The normalized spacial score (nSPS) is 12.9. The zero-order valence-corrected chi connectivity index (χ0v) is 19.8. The number of fused-ring (bicyclic) bond motifs is 3. The third-order valence-corrected chi connectivity index (χ3v) is 6.33. The third-order valence-electron chi connectivity index (χ3n) is 6.01. The number of halogens is 1. The first-order chi connectivity index (χ1) is 16.9. The molecule has 180 valence electrons. The number of alkyl carbamates (subject to hydrolysis) is 1. The van der Waals surface area contributed by atoms with Gasteiger partial charge >= 0.3 is 12.1 Å². The zero-order valence-electron chi connectivity index (χ0n) is 19.1. The Hall–Kier alpha value is -3.84. The van der Waals surface area contributed by atoms with Crippen molar-refractivity contribution in [1.29, 1.82) is 0 Å². The lowest BCUT2D eigenvalue weighted by Gasteiger charge is -2.20. The number of ether oxygens (including phenoxy) is 1. The van der Waals surface area contributed by atoms with Gasteiger partial charge in [0.05, 0.1) is 10.7 Å².